The van der Waals surface area contributed by atoms with Crippen molar-refractivity contribution in [2.24, 2.45) is 0 Å². The molecule has 25 heavy (non-hydrogen) atoms. The molecule has 0 aliphatic carbocycles. The lowest BCUT2D eigenvalue weighted by Gasteiger charge is -2.15. The van der Waals surface area contributed by atoms with Gasteiger partial charge in [-0.15, -0.1) is 10.2 Å². The van der Waals surface area contributed by atoms with Gasteiger partial charge in [0.05, 0.1) is 20.0 Å². The summed E-state index contributed by atoms with van der Waals surface area (Å²) >= 11 is 0. The number of nitrogens with one attached hydrogen (secondary N) is 1. The topological polar surface area (TPSA) is 78.3 Å². The number of para-hydroxylation sites is 1. The van der Waals surface area contributed by atoms with Gasteiger partial charge in [-0.3, -0.25) is 9.29 Å². The molecule has 1 aromatic heterocycles. The molecular formula is C17H18N4O3S. The van der Waals surface area contributed by atoms with E-state index in [0.717, 1.165) is 5.56 Å². The molecule has 0 fully saturated rings. The number of rotatable bonds is 7. The molecule has 1 N–H and O–H groups in total. The Morgan fingerprint density at radius 2 is 1.72 bits per heavy atom. The van der Waals surface area contributed by atoms with Crippen LogP contribution in [-0.4, -0.2) is 33.2 Å². The van der Waals surface area contributed by atoms with Crippen molar-refractivity contribution < 1.29 is 13.7 Å². The van der Waals surface area contributed by atoms with E-state index in [9.17, 15) is 4.21 Å². The van der Waals surface area contributed by atoms with Crippen LogP contribution in [0, 0.1) is 0 Å². The summed E-state index contributed by atoms with van der Waals surface area (Å²) in [5.74, 6) is 1.89. The minimum Gasteiger partial charge on any atom is -0.494 e. The second-order valence-electron chi connectivity index (χ2n) is 5.11. The van der Waals surface area contributed by atoms with Crippen molar-refractivity contribution in [1.82, 2.24) is 14.8 Å². The lowest BCUT2D eigenvalue weighted by molar-refractivity contribution is 0.391. The molecule has 0 spiro atoms. The van der Waals surface area contributed by atoms with Gasteiger partial charge in [-0.2, -0.15) is 0 Å². The van der Waals surface area contributed by atoms with Gasteiger partial charge >= 0.3 is 0 Å². The van der Waals surface area contributed by atoms with Crippen molar-refractivity contribution in [2.45, 2.75) is 5.75 Å². The highest BCUT2D eigenvalue weighted by Crippen LogP contribution is 2.33. The first kappa shape index (κ1) is 17.0. The van der Waals surface area contributed by atoms with Crippen LogP contribution in [0.15, 0.2) is 54.9 Å². The Hall–Kier alpha value is -2.87. The second-order valence-corrected chi connectivity index (χ2v) is 6.30. The molecule has 0 saturated heterocycles. The Balaban J connectivity index is 1.88. The van der Waals surface area contributed by atoms with E-state index in [4.69, 9.17) is 9.47 Å². The van der Waals surface area contributed by atoms with Gasteiger partial charge in [0.15, 0.2) is 0 Å². The molecule has 130 valence electrons. The van der Waals surface area contributed by atoms with Crippen LogP contribution in [0.4, 0.5) is 5.95 Å². The highest BCUT2D eigenvalue weighted by atomic mass is 32.2. The van der Waals surface area contributed by atoms with Crippen molar-refractivity contribution in [3.63, 3.8) is 0 Å². The van der Waals surface area contributed by atoms with E-state index in [-0.39, 0.29) is 0 Å². The quantitative estimate of drug-likeness (QED) is 0.702. The number of hydrogen-bond acceptors (Lipinski definition) is 5. The van der Waals surface area contributed by atoms with Gasteiger partial charge in [0.2, 0.25) is 5.95 Å². The molecule has 0 saturated carbocycles. The summed E-state index contributed by atoms with van der Waals surface area (Å²) in [6, 6.07) is 15.0. The Morgan fingerprint density at radius 1 is 1.04 bits per heavy atom. The van der Waals surface area contributed by atoms with Crippen LogP contribution in [0.5, 0.6) is 11.5 Å². The van der Waals surface area contributed by atoms with E-state index in [1.807, 2.05) is 48.5 Å². The van der Waals surface area contributed by atoms with Crippen LogP contribution in [-0.2, 0) is 16.7 Å². The lowest BCUT2D eigenvalue weighted by atomic mass is 10.2. The summed E-state index contributed by atoms with van der Waals surface area (Å²) in [4.78, 5) is 0. The van der Waals surface area contributed by atoms with Crippen molar-refractivity contribution in [3.05, 3.63) is 60.4 Å². The van der Waals surface area contributed by atoms with E-state index in [0.29, 0.717) is 28.9 Å². The molecule has 0 aliphatic heterocycles. The zero-order valence-electron chi connectivity index (χ0n) is 13.9. The average Bonchev–Trinajstić information content (AvgIpc) is 3.09. The lowest BCUT2D eigenvalue weighted by Crippen LogP contribution is -2.12. The Bertz CT molecular complexity index is 845. The summed E-state index contributed by atoms with van der Waals surface area (Å²) in [6.45, 7) is 0. The highest BCUT2D eigenvalue weighted by Gasteiger charge is 2.17. The number of methoxy groups -OCH3 is 2. The Morgan fingerprint density at radius 3 is 2.36 bits per heavy atom. The smallest absolute Gasteiger partial charge is 0.241 e. The molecule has 3 rings (SSSR count). The fourth-order valence-corrected chi connectivity index (χ4v) is 3.31. The molecule has 0 amide bonds. The zero-order chi connectivity index (χ0) is 17.6. The summed E-state index contributed by atoms with van der Waals surface area (Å²) < 4.78 is 27.8. The Kier molecular flexibility index (Phi) is 5.30. The predicted octanol–water partition coefficient (Wildman–Crippen LogP) is 2.56. The Labute approximate surface area is 148 Å². The molecule has 1 heterocycles. The highest BCUT2D eigenvalue weighted by molar-refractivity contribution is 7.85. The van der Waals surface area contributed by atoms with E-state index < -0.39 is 11.0 Å². The predicted molar refractivity (Wildman–Crippen MR) is 96.4 cm³/mol. The molecule has 0 radical (unpaired) electrons. The van der Waals surface area contributed by atoms with Gasteiger partial charge in [0.25, 0.3) is 0 Å². The van der Waals surface area contributed by atoms with Crippen LogP contribution in [0.1, 0.15) is 5.56 Å². The van der Waals surface area contributed by atoms with Gasteiger partial charge in [0, 0.05) is 0 Å². The number of benzene rings is 2. The number of hydrogen-bond donors (Lipinski definition) is 1. The summed E-state index contributed by atoms with van der Waals surface area (Å²) in [5.41, 5.74) is 1.60. The normalized spacial score (nSPS) is 11.8. The van der Waals surface area contributed by atoms with Crippen LogP contribution < -0.4 is 14.2 Å². The number of anilines is 1. The van der Waals surface area contributed by atoms with Gasteiger partial charge in [-0.1, -0.05) is 36.4 Å². The summed E-state index contributed by atoms with van der Waals surface area (Å²) in [7, 11) is 1.79. The first-order chi connectivity index (χ1) is 12.2. The number of ether oxygens (including phenoxy) is 2. The maximum absolute atomic E-state index is 12.4. The SMILES string of the molecule is COc1cccc(OC)c1-n1cnnc1NS(=O)Cc1ccccc1. The molecule has 1 atom stereocenters. The average molecular weight is 358 g/mol. The summed E-state index contributed by atoms with van der Waals surface area (Å²) in [6.07, 6.45) is 1.52. The molecule has 8 heteroatoms. The van der Waals surface area contributed by atoms with Crippen LogP contribution in [0.3, 0.4) is 0 Å². The van der Waals surface area contributed by atoms with Crippen LogP contribution in [0.25, 0.3) is 5.69 Å². The van der Waals surface area contributed by atoms with E-state index in [1.54, 1.807) is 18.8 Å². The molecule has 3 aromatic rings. The molecular weight excluding hydrogens is 340 g/mol. The van der Waals surface area contributed by atoms with Crippen LogP contribution in [0.2, 0.25) is 0 Å². The first-order valence-electron chi connectivity index (χ1n) is 7.53. The van der Waals surface area contributed by atoms with E-state index in [2.05, 4.69) is 14.9 Å². The zero-order valence-corrected chi connectivity index (χ0v) is 14.7. The van der Waals surface area contributed by atoms with Crippen LogP contribution >= 0.6 is 0 Å². The third kappa shape index (κ3) is 3.80. The monoisotopic (exact) mass is 358 g/mol. The third-order valence-electron chi connectivity index (χ3n) is 3.54. The van der Waals surface area contributed by atoms with Gasteiger partial charge in [-0.25, -0.2) is 4.21 Å². The standard InChI is InChI=1S/C17H18N4O3S/c1-23-14-9-6-10-15(24-2)16(14)21-12-18-19-17(21)20-25(22)11-13-7-4-3-5-8-13/h3-10,12H,11H2,1-2H3,(H,19,20). The molecule has 0 bridgehead atoms. The second kappa shape index (κ2) is 7.80. The molecule has 1 unspecified atom stereocenters. The first-order valence-corrected chi connectivity index (χ1v) is 8.85. The largest absolute Gasteiger partial charge is 0.494 e. The van der Waals surface area contributed by atoms with Crippen molar-refractivity contribution in [1.29, 1.82) is 0 Å². The van der Waals surface area contributed by atoms with Crippen molar-refractivity contribution >= 4 is 16.9 Å². The number of nitrogens with zero attached hydrogens (tertiary/aromatic N) is 3. The molecule has 0 aliphatic rings. The fourth-order valence-electron chi connectivity index (χ4n) is 2.40. The number of aromatic nitrogens is 3. The van der Waals surface area contributed by atoms with Gasteiger partial charge in [-0.05, 0) is 17.7 Å². The van der Waals surface area contributed by atoms with E-state index >= 15 is 0 Å². The summed E-state index contributed by atoms with van der Waals surface area (Å²) in [5, 5.41) is 7.94. The third-order valence-corrected chi connectivity index (χ3v) is 4.54. The van der Waals surface area contributed by atoms with Gasteiger partial charge in [0.1, 0.15) is 34.5 Å². The minimum atomic E-state index is -1.36. The molecule has 2 aromatic carbocycles. The maximum atomic E-state index is 12.4. The molecule has 7 nitrogen and oxygen atoms in total. The maximum Gasteiger partial charge on any atom is 0.241 e. The van der Waals surface area contributed by atoms with Crippen molar-refractivity contribution in [2.75, 3.05) is 18.9 Å². The van der Waals surface area contributed by atoms with Gasteiger partial charge < -0.3 is 9.47 Å². The fraction of sp³-hybridized carbons (Fsp3) is 0.176. The van der Waals surface area contributed by atoms with E-state index in [1.165, 1.54) is 6.33 Å². The minimum absolute atomic E-state index is 0.345. The van der Waals surface area contributed by atoms with Crippen molar-refractivity contribution in [3.8, 4) is 17.2 Å².